The Labute approximate surface area is 177 Å². The van der Waals surface area contributed by atoms with Crippen molar-refractivity contribution >= 4 is 38.3 Å². The standard InChI is InChI=1S/C16H22N6O6S2/c1-9-13(11(3)28-20-9)30(25,26)21-10(2)14(23)18-19-15(24)12-8-29-16(17-12)22-4-6-27-7-5-22/h8,10,21H,4-7H2,1-3H3,(H,18,23)(H,19,24)/t10-/m0/s1. The van der Waals surface area contributed by atoms with Gasteiger partial charge in [-0.05, 0) is 20.8 Å². The predicted octanol–water partition coefficient (Wildman–Crippen LogP) is -0.287. The van der Waals surface area contributed by atoms with Crippen LogP contribution in [0.5, 0.6) is 0 Å². The van der Waals surface area contributed by atoms with E-state index in [-0.39, 0.29) is 22.0 Å². The third-order valence-corrected chi connectivity index (χ3v) is 6.95. The highest BCUT2D eigenvalue weighted by molar-refractivity contribution is 7.89. The minimum atomic E-state index is -4.03. The van der Waals surface area contributed by atoms with Crippen molar-refractivity contribution in [1.29, 1.82) is 0 Å². The molecule has 2 aromatic heterocycles. The fourth-order valence-corrected chi connectivity index (χ4v) is 5.15. The number of amides is 2. The third-order valence-electron chi connectivity index (χ3n) is 4.27. The van der Waals surface area contributed by atoms with E-state index in [1.54, 1.807) is 5.38 Å². The van der Waals surface area contributed by atoms with E-state index in [4.69, 9.17) is 9.26 Å². The number of aromatic nitrogens is 2. The molecular formula is C16H22N6O6S2. The Hall–Kier alpha value is -2.55. The Balaban J connectivity index is 1.54. The number of morpholine rings is 1. The highest BCUT2D eigenvalue weighted by Gasteiger charge is 2.28. The van der Waals surface area contributed by atoms with Gasteiger partial charge in [-0.1, -0.05) is 5.16 Å². The number of carbonyl (C=O) groups is 2. The van der Waals surface area contributed by atoms with Gasteiger partial charge in [0.15, 0.2) is 10.9 Å². The number of nitrogens with one attached hydrogen (secondary N) is 3. The van der Waals surface area contributed by atoms with Gasteiger partial charge < -0.3 is 14.2 Å². The maximum absolute atomic E-state index is 12.5. The van der Waals surface area contributed by atoms with Crippen molar-refractivity contribution < 1.29 is 27.3 Å². The SMILES string of the molecule is Cc1noc(C)c1S(=O)(=O)N[C@@H](C)C(=O)NNC(=O)c1csc(N2CCOCC2)n1. The average molecular weight is 459 g/mol. The van der Waals surface area contributed by atoms with Crippen LogP contribution in [0.15, 0.2) is 14.8 Å². The quantitative estimate of drug-likeness (QED) is 0.495. The molecule has 0 saturated carbocycles. The van der Waals surface area contributed by atoms with E-state index in [9.17, 15) is 18.0 Å². The number of hydrogen-bond acceptors (Lipinski definition) is 10. The molecule has 0 aliphatic carbocycles. The number of aryl methyl sites for hydroxylation is 2. The van der Waals surface area contributed by atoms with Crippen molar-refractivity contribution in [3.05, 3.63) is 22.5 Å². The normalized spacial score (nSPS) is 15.6. The second kappa shape index (κ2) is 9.07. The van der Waals surface area contributed by atoms with E-state index in [2.05, 4.69) is 25.7 Å². The highest BCUT2D eigenvalue weighted by atomic mass is 32.2. The topological polar surface area (TPSA) is 156 Å². The molecule has 12 nitrogen and oxygen atoms in total. The number of carbonyl (C=O) groups excluding carboxylic acids is 2. The van der Waals surface area contributed by atoms with Crippen LogP contribution in [0.25, 0.3) is 0 Å². The Morgan fingerprint density at radius 3 is 2.57 bits per heavy atom. The van der Waals surface area contributed by atoms with Crippen molar-refractivity contribution in [2.75, 3.05) is 31.2 Å². The molecule has 30 heavy (non-hydrogen) atoms. The van der Waals surface area contributed by atoms with Gasteiger partial charge >= 0.3 is 0 Å². The van der Waals surface area contributed by atoms with E-state index >= 15 is 0 Å². The number of sulfonamides is 1. The lowest BCUT2D eigenvalue weighted by atomic mass is 10.3. The molecule has 0 radical (unpaired) electrons. The zero-order valence-corrected chi connectivity index (χ0v) is 18.2. The van der Waals surface area contributed by atoms with Crippen LogP contribution in [-0.2, 0) is 19.6 Å². The van der Waals surface area contributed by atoms with Crippen molar-refractivity contribution in [2.24, 2.45) is 0 Å². The van der Waals surface area contributed by atoms with Crippen LogP contribution in [0.2, 0.25) is 0 Å². The van der Waals surface area contributed by atoms with Gasteiger partial charge in [0.25, 0.3) is 11.8 Å². The number of rotatable bonds is 6. The monoisotopic (exact) mass is 458 g/mol. The molecule has 14 heteroatoms. The summed E-state index contributed by atoms with van der Waals surface area (Å²) >= 11 is 1.31. The Bertz CT molecular complexity index is 1010. The minimum Gasteiger partial charge on any atom is -0.378 e. The van der Waals surface area contributed by atoms with Gasteiger partial charge in [-0.3, -0.25) is 20.4 Å². The van der Waals surface area contributed by atoms with Gasteiger partial charge in [0.05, 0.1) is 19.3 Å². The van der Waals surface area contributed by atoms with Crippen molar-refractivity contribution in [1.82, 2.24) is 25.7 Å². The lowest BCUT2D eigenvalue weighted by Crippen LogP contribution is -2.51. The molecule has 1 atom stereocenters. The number of hydrogen-bond donors (Lipinski definition) is 3. The van der Waals surface area contributed by atoms with E-state index in [0.717, 1.165) is 0 Å². The van der Waals surface area contributed by atoms with Crippen LogP contribution in [-0.4, -0.2) is 62.7 Å². The zero-order chi connectivity index (χ0) is 21.9. The summed E-state index contributed by atoms with van der Waals surface area (Å²) in [4.78, 5) is 30.6. The predicted molar refractivity (Wildman–Crippen MR) is 107 cm³/mol. The van der Waals surface area contributed by atoms with Crippen molar-refractivity contribution in [3.8, 4) is 0 Å². The molecule has 3 rings (SSSR count). The Kier molecular flexibility index (Phi) is 6.70. The molecule has 2 aromatic rings. The van der Waals surface area contributed by atoms with Gasteiger partial charge in [0, 0.05) is 18.5 Å². The van der Waals surface area contributed by atoms with Gasteiger partial charge in [0.2, 0.25) is 10.0 Å². The van der Waals surface area contributed by atoms with E-state index in [0.29, 0.717) is 31.4 Å². The average Bonchev–Trinajstić information content (AvgIpc) is 3.33. The van der Waals surface area contributed by atoms with Crippen LogP contribution >= 0.6 is 11.3 Å². The molecule has 164 valence electrons. The van der Waals surface area contributed by atoms with Gasteiger partial charge in [-0.15, -0.1) is 11.3 Å². The number of nitrogens with zero attached hydrogens (tertiary/aromatic N) is 3. The lowest BCUT2D eigenvalue weighted by molar-refractivity contribution is -0.123. The minimum absolute atomic E-state index is 0.112. The molecule has 1 fully saturated rings. The molecule has 0 unspecified atom stereocenters. The zero-order valence-electron chi connectivity index (χ0n) is 16.6. The molecule has 1 aliphatic heterocycles. The number of ether oxygens (including phenoxy) is 1. The molecule has 0 aromatic carbocycles. The summed E-state index contributed by atoms with van der Waals surface area (Å²) in [6.45, 7) is 6.85. The number of anilines is 1. The maximum Gasteiger partial charge on any atom is 0.289 e. The third kappa shape index (κ3) is 4.95. The molecule has 3 heterocycles. The second-order valence-corrected chi connectivity index (χ2v) is 9.04. The molecule has 3 N–H and O–H groups in total. The Morgan fingerprint density at radius 2 is 1.93 bits per heavy atom. The summed E-state index contributed by atoms with van der Waals surface area (Å²) in [5, 5.41) is 5.86. The molecule has 1 saturated heterocycles. The van der Waals surface area contributed by atoms with Gasteiger partial charge in [-0.25, -0.2) is 13.4 Å². The summed E-state index contributed by atoms with van der Waals surface area (Å²) in [6.07, 6.45) is 0. The van der Waals surface area contributed by atoms with Crippen LogP contribution in [0, 0.1) is 13.8 Å². The van der Waals surface area contributed by atoms with E-state index < -0.39 is 27.9 Å². The van der Waals surface area contributed by atoms with E-state index in [1.807, 2.05) is 4.90 Å². The van der Waals surface area contributed by atoms with Crippen LogP contribution in [0.3, 0.4) is 0 Å². The lowest BCUT2D eigenvalue weighted by Gasteiger charge is -2.25. The van der Waals surface area contributed by atoms with E-state index in [1.165, 1.54) is 32.1 Å². The first kappa shape index (κ1) is 22.1. The van der Waals surface area contributed by atoms with Gasteiger partial charge in [-0.2, -0.15) is 4.72 Å². The van der Waals surface area contributed by atoms with Gasteiger partial charge in [0.1, 0.15) is 16.3 Å². The van der Waals surface area contributed by atoms with Crippen LogP contribution < -0.4 is 20.5 Å². The maximum atomic E-state index is 12.5. The fourth-order valence-electron chi connectivity index (χ4n) is 2.76. The summed E-state index contributed by atoms with van der Waals surface area (Å²) in [5.74, 6) is -1.25. The highest BCUT2D eigenvalue weighted by Crippen LogP contribution is 2.21. The summed E-state index contributed by atoms with van der Waals surface area (Å²) in [7, 11) is -4.03. The van der Waals surface area contributed by atoms with Crippen molar-refractivity contribution in [3.63, 3.8) is 0 Å². The molecule has 1 aliphatic rings. The molecular weight excluding hydrogens is 436 g/mol. The first-order valence-electron chi connectivity index (χ1n) is 9.02. The summed E-state index contributed by atoms with van der Waals surface area (Å²) in [6, 6.07) is -1.16. The van der Waals surface area contributed by atoms with Crippen molar-refractivity contribution in [2.45, 2.75) is 31.7 Å². The summed E-state index contributed by atoms with van der Waals surface area (Å²) < 4.78 is 37.3. The fraction of sp³-hybridized carbons (Fsp3) is 0.500. The number of hydrazine groups is 1. The first-order chi connectivity index (χ1) is 14.2. The number of thiazole rings is 1. The van der Waals surface area contributed by atoms with Crippen LogP contribution in [0.1, 0.15) is 28.9 Å². The Morgan fingerprint density at radius 1 is 1.23 bits per heavy atom. The summed E-state index contributed by atoms with van der Waals surface area (Å²) in [5.41, 5.74) is 4.75. The molecule has 0 spiro atoms. The second-order valence-electron chi connectivity index (χ2n) is 6.55. The molecule has 2 amide bonds. The largest absolute Gasteiger partial charge is 0.378 e. The first-order valence-corrected chi connectivity index (χ1v) is 11.4. The smallest absolute Gasteiger partial charge is 0.289 e. The molecule has 0 bridgehead atoms. The van der Waals surface area contributed by atoms with Crippen LogP contribution in [0.4, 0.5) is 5.13 Å².